The minimum Gasteiger partial charge on any atom is -0.376 e. The molecule has 12 heavy (non-hydrogen) atoms. The molecule has 0 aromatic rings. The van der Waals surface area contributed by atoms with Crippen LogP contribution in [0.4, 0.5) is 0 Å². The molecular weight excluding hydrogens is 154 g/mol. The molecule has 3 nitrogen and oxygen atoms in total. The molecule has 0 aliphatic carbocycles. The van der Waals surface area contributed by atoms with E-state index in [0.717, 1.165) is 19.5 Å². The average Bonchev–Trinajstić information content (AvgIpc) is 2.53. The SMILES string of the molecule is COC(C)(C)COC1CCNC1. The van der Waals surface area contributed by atoms with Crippen molar-refractivity contribution < 1.29 is 9.47 Å². The summed E-state index contributed by atoms with van der Waals surface area (Å²) >= 11 is 0. The standard InChI is InChI=1S/C9H19NO2/c1-9(2,11-3)7-12-8-4-5-10-6-8/h8,10H,4-7H2,1-3H3. The van der Waals surface area contributed by atoms with Crippen LogP contribution >= 0.6 is 0 Å². The molecule has 1 unspecified atom stereocenters. The van der Waals surface area contributed by atoms with Crippen LogP contribution < -0.4 is 5.32 Å². The Morgan fingerprint density at radius 3 is 2.75 bits per heavy atom. The van der Waals surface area contributed by atoms with Gasteiger partial charge in [-0.15, -0.1) is 0 Å². The van der Waals surface area contributed by atoms with E-state index in [0.29, 0.717) is 12.7 Å². The Balaban J connectivity index is 2.15. The third kappa shape index (κ3) is 3.09. The van der Waals surface area contributed by atoms with E-state index in [2.05, 4.69) is 5.32 Å². The maximum Gasteiger partial charge on any atom is 0.0855 e. The topological polar surface area (TPSA) is 30.5 Å². The van der Waals surface area contributed by atoms with E-state index >= 15 is 0 Å². The zero-order chi connectivity index (χ0) is 9.03. The summed E-state index contributed by atoms with van der Waals surface area (Å²) in [4.78, 5) is 0. The van der Waals surface area contributed by atoms with Gasteiger partial charge in [-0.25, -0.2) is 0 Å². The van der Waals surface area contributed by atoms with Crippen LogP contribution in [0.3, 0.4) is 0 Å². The molecule has 0 aromatic carbocycles. The van der Waals surface area contributed by atoms with Gasteiger partial charge < -0.3 is 14.8 Å². The van der Waals surface area contributed by atoms with Gasteiger partial charge in [0.2, 0.25) is 0 Å². The molecule has 1 aliphatic rings. The highest BCUT2D eigenvalue weighted by Gasteiger charge is 2.21. The van der Waals surface area contributed by atoms with Crippen molar-refractivity contribution in [1.82, 2.24) is 5.32 Å². The quantitative estimate of drug-likeness (QED) is 0.682. The third-order valence-corrected chi connectivity index (χ3v) is 2.23. The second-order valence-electron chi connectivity index (χ2n) is 3.89. The van der Waals surface area contributed by atoms with E-state index in [9.17, 15) is 0 Å². The molecule has 3 heteroatoms. The first-order valence-corrected chi connectivity index (χ1v) is 4.51. The van der Waals surface area contributed by atoms with E-state index < -0.39 is 0 Å². The Labute approximate surface area is 74.4 Å². The molecule has 1 rings (SSSR count). The zero-order valence-electron chi connectivity index (χ0n) is 8.22. The summed E-state index contributed by atoms with van der Waals surface area (Å²) < 4.78 is 10.9. The monoisotopic (exact) mass is 173 g/mol. The van der Waals surface area contributed by atoms with Gasteiger partial charge in [-0.1, -0.05) is 0 Å². The fourth-order valence-corrected chi connectivity index (χ4v) is 1.15. The summed E-state index contributed by atoms with van der Waals surface area (Å²) in [5.41, 5.74) is -0.150. The lowest BCUT2D eigenvalue weighted by Gasteiger charge is -2.24. The summed E-state index contributed by atoms with van der Waals surface area (Å²) in [5.74, 6) is 0. The number of methoxy groups -OCH3 is 1. The van der Waals surface area contributed by atoms with Gasteiger partial charge in [-0.3, -0.25) is 0 Å². The predicted octanol–water partition coefficient (Wildman–Crippen LogP) is 0.790. The summed E-state index contributed by atoms with van der Waals surface area (Å²) in [6.07, 6.45) is 1.51. The van der Waals surface area contributed by atoms with Crippen LogP contribution in [0.5, 0.6) is 0 Å². The number of hydrogen-bond acceptors (Lipinski definition) is 3. The van der Waals surface area contributed by atoms with E-state index in [-0.39, 0.29) is 5.60 Å². The van der Waals surface area contributed by atoms with Crippen LogP contribution in [0.1, 0.15) is 20.3 Å². The van der Waals surface area contributed by atoms with Gasteiger partial charge in [-0.2, -0.15) is 0 Å². The van der Waals surface area contributed by atoms with E-state index in [4.69, 9.17) is 9.47 Å². The van der Waals surface area contributed by atoms with Gasteiger partial charge in [0, 0.05) is 13.7 Å². The number of nitrogens with one attached hydrogen (secondary N) is 1. The Hall–Kier alpha value is -0.120. The highest BCUT2D eigenvalue weighted by molar-refractivity contribution is 4.74. The normalized spacial score (nSPS) is 24.8. The maximum atomic E-state index is 5.67. The lowest BCUT2D eigenvalue weighted by Crippen LogP contribution is -2.32. The van der Waals surface area contributed by atoms with Gasteiger partial charge in [0.25, 0.3) is 0 Å². The molecule has 0 radical (unpaired) electrons. The Bertz CT molecular complexity index is 130. The predicted molar refractivity (Wildman–Crippen MR) is 48.3 cm³/mol. The van der Waals surface area contributed by atoms with Crippen molar-refractivity contribution in [2.45, 2.75) is 32.0 Å². The molecule has 1 fully saturated rings. The molecule has 0 spiro atoms. The summed E-state index contributed by atoms with van der Waals surface area (Å²) in [7, 11) is 1.72. The van der Waals surface area contributed by atoms with Gasteiger partial charge in [-0.05, 0) is 26.8 Å². The van der Waals surface area contributed by atoms with Crippen molar-refractivity contribution in [3.8, 4) is 0 Å². The van der Waals surface area contributed by atoms with Gasteiger partial charge >= 0.3 is 0 Å². The molecule has 72 valence electrons. The fraction of sp³-hybridized carbons (Fsp3) is 1.00. The van der Waals surface area contributed by atoms with Crippen molar-refractivity contribution >= 4 is 0 Å². The van der Waals surface area contributed by atoms with E-state index in [1.54, 1.807) is 7.11 Å². The molecule has 1 aliphatic heterocycles. The smallest absolute Gasteiger partial charge is 0.0855 e. The number of rotatable bonds is 4. The van der Waals surface area contributed by atoms with Gasteiger partial charge in [0.1, 0.15) is 0 Å². The number of ether oxygens (including phenoxy) is 2. The first kappa shape index (κ1) is 9.96. The van der Waals surface area contributed by atoms with Crippen molar-refractivity contribution in [3.63, 3.8) is 0 Å². The summed E-state index contributed by atoms with van der Waals surface area (Å²) in [6, 6.07) is 0. The van der Waals surface area contributed by atoms with Crippen LogP contribution in [0.2, 0.25) is 0 Å². The van der Waals surface area contributed by atoms with Crippen LogP contribution in [0.15, 0.2) is 0 Å². The van der Waals surface area contributed by atoms with Crippen LogP contribution in [-0.4, -0.2) is 38.5 Å². The van der Waals surface area contributed by atoms with Crippen molar-refractivity contribution in [2.24, 2.45) is 0 Å². The van der Waals surface area contributed by atoms with Gasteiger partial charge in [0.05, 0.1) is 18.3 Å². The second kappa shape index (κ2) is 4.21. The molecule has 0 saturated carbocycles. The molecule has 1 atom stereocenters. The number of hydrogen-bond donors (Lipinski definition) is 1. The van der Waals surface area contributed by atoms with Crippen molar-refractivity contribution in [3.05, 3.63) is 0 Å². The summed E-state index contributed by atoms with van der Waals surface area (Å²) in [5, 5.41) is 3.26. The Morgan fingerprint density at radius 1 is 1.50 bits per heavy atom. The minimum absolute atomic E-state index is 0.150. The van der Waals surface area contributed by atoms with Crippen LogP contribution in [-0.2, 0) is 9.47 Å². The zero-order valence-corrected chi connectivity index (χ0v) is 8.22. The van der Waals surface area contributed by atoms with Crippen molar-refractivity contribution in [1.29, 1.82) is 0 Å². The third-order valence-electron chi connectivity index (χ3n) is 2.23. The van der Waals surface area contributed by atoms with Crippen LogP contribution in [0, 0.1) is 0 Å². The lowest BCUT2D eigenvalue weighted by atomic mass is 10.1. The minimum atomic E-state index is -0.150. The van der Waals surface area contributed by atoms with Gasteiger partial charge in [0.15, 0.2) is 0 Å². The highest BCUT2D eigenvalue weighted by Crippen LogP contribution is 2.11. The molecule has 0 bridgehead atoms. The van der Waals surface area contributed by atoms with Crippen LogP contribution in [0.25, 0.3) is 0 Å². The molecule has 1 heterocycles. The Kier molecular flexibility index (Phi) is 3.50. The molecule has 0 amide bonds. The second-order valence-corrected chi connectivity index (χ2v) is 3.89. The first-order chi connectivity index (χ1) is 5.64. The maximum absolute atomic E-state index is 5.67. The Morgan fingerprint density at radius 2 is 2.25 bits per heavy atom. The molecular formula is C9H19NO2. The molecule has 1 saturated heterocycles. The summed E-state index contributed by atoms with van der Waals surface area (Å²) in [6.45, 7) is 6.82. The fourth-order valence-electron chi connectivity index (χ4n) is 1.15. The highest BCUT2D eigenvalue weighted by atomic mass is 16.5. The first-order valence-electron chi connectivity index (χ1n) is 4.51. The average molecular weight is 173 g/mol. The molecule has 0 aromatic heterocycles. The van der Waals surface area contributed by atoms with Crippen molar-refractivity contribution in [2.75, 3.05) is 26.8 Å². The van der Waals surface area contributed by atoms with E-state index in [1.807, 2.05) is 13.8 Å². The largest absolute Gasteiger partial charge is 0.376 e. The van der Waals surface area contributed by atoms with E-state index in [1.165, 1.54) is 0 Å². The lowest BCUT2D eigenvalue weighted by molar-refractivity contribution is -0.0703. The molecule has 1 N–H and O–H groups in total.